The summed E-state index contributed by atoms with van der Waals surface area (Å²) in [7, 11) is 0. The maximum absolute atomic E-state index is 12.5. The van der Waals surface area contributed by atoms with Gasteiger partial charge in [-0.15, -0.1) is 11.3 Å². The lowest BCUT2D eigenvalue weighted by Gasteiger charge is -2.12. The van der Waals surface area contributed by atoms with Gasteiger partial charge in [0, 0.05) is 6.54 Å². The number of imide groups is 1. The van der Waals surface area contributed by atoms with Crippen molar-refractivity contribution in [2.45, 2.75) is 39.5 Å². The first-order valence-electron chi connectivity index (χ1n) is 11.5. The molecule has 0 atom stereocenters. The van der Waals surface area contributed by atoms with Crippen molar-refractivity contribution in [1.29, 1.82) is 0 Å². The van der Waals surface area contributed by atoms with Crippen LogP contribution in [0.1, 0.15) is 69.1 Å². The summed E-state index contributed by atoms with van der Waals surface area (Å²) in [6.45, 7) is 4.38. The number of thiophene rings is 1. The lowest BCUT2D eigenvalue weighted by Crippen LogP contribution is -2.30. The Morgan fingerprint density at radius 1 is 1.00 bits per heavy atom. The smallest absolute Gasteiger partial charge is 0.265 e. The largest absolute Gasteiger partial charge is 0.321 e. The maximum atomic E-state index is 12.5. The van der Waals surface area contributed by atoms with Gasteiger partial charge in [0.1, 0.15) is 0 Å². The molecule has 1 aliphatic heterocycles. The van der Waals surface area contributed by atoms with Gasteiger partial charge in [0.05, 0.1) is 26.0 Å². The highest BCUT2D eigenvalue weighted by Crippen LogP contribution is 2.30. The fraction of sp³-hybridized carbons (Fsp3) is 0.259. The number of hydrogen-bond donors (Lipinski definition) is 1. The van der Waals surface area contributed by atoms with Crippen LogP contribution in [0, 0.1) is 0 Å². The third kappa shape index (κ3) is 6.84. The average molecular weight is 527 g/mol. The summed E-state index contributed by atoms with van der Waals surface area (Å²) >= 11 is 12.1. The number of rotatable bonds is 8. The molecule has 3 amide bonds. The molecule has 0 aliphatic carbocycles. The number of carbonyl (C=O) groups is 3. The molecular formula is C27H27ClN2O3S2. The molecule has 0 radical (unpaired) electrons. The van der Waals surface area contributed by atoms with Crippen molar-refractivity contribution in [3.63, 3.8) is 0 Å². The van der Waals surface area contributed by atoms with Gasteiger partial charge in [-0.1, -0.05) is 74.1 Å². The first-order valence-corrected chi connectivity index (χ1v) is 13.1. The Bertz CT molecular complexity index is 1220. The number of amides is 3. The average Bonchev–Trinajstić information content (AvgIpc) is 3.41. The first kappa shape index (κ1) is 26.7. The highest BCUT2D eigenvalue weighted by atomic mass is 35.5. The molecule has 8 heteroatoms. The van der Waals surface area contributed by atoms with E-state index in [1.165, 1.54) is 15.3 Å². The second-order valence-electron chi connectivity index (χ2n) is 7.93. The first-order chi connectivity index (χ1) is 16.8. The van der Waals surface area contributed by atoms with Crippen LogP contribution in [0.15, 0.2) is 60.7 Å². The van der Waals surface area contributed by atoms with Crippen LogP contribution in [0.5, 0.6) is 0 Å². The lowest BCUT2D eigenvalue weighted by atomic mass is 10.1. The summed E-state index contributed by atoms with van der Waals surface area (Å²) in [5.74, 6) is -1.04. The van der Waals surface area contributed by atoms with E-state index in [4.69, 9.17) is 23.8 Å². The van der Waals surface area contributed by atoms with Gasteiger partial charge in [-0.3, -0.25) is 19.3 Å². The second kappa shape index (κ2) is 12.7. The van der Waals surface area contributed by atoms with Gasteiger partial charge < -0.3 is 5.32 Å². The van der Waals surface area contributed by atoms with Crippen LogP contribution in [0.4, 0.5) is 5.69 Å². The number of anilines is 1. The lowest BCUT2D eigenvalue weighted by molar-refractivity contribution is 0.0654. The van der Waals surface area contributed by atoms with Gasteiger partial charge in [-0.2, -0.15) is 0 Å². The summed E-state index contributed by atoms with van der Waals surface area (Å²) in [5, 5.41) is 2.70. The quantitative estimate of drug-likeness (QED) is 0.252. The van der Waals surface area contributed by atoms with E-state index in [0.29, 0.717) is 33.4 Å². The van der Waals surface area contributed by atoms with Crippen molar-refractivity contribution in [2.24, 2.45) is 0 Å². The molecule has 3 aromatic rings. The molecule has 0 fully saturated rings. The third-order valence-electron chi connectivity index (χ3n) is 5.42. The molecule has 0 saturated carbocycles. The number of thiocarbonyl (C=S) groups is 1. The van der Waals surface area contributed by atoms with Crippen molar-refractivity contribution in [2.75, 3.05) is 11.9 Å². The zero-order valence-corrected chi connectivity index (χ0v) is 22.1. The Kier molecular flexibility index (Phi) is 9.72. The molecule has 0 bridgehead atoms. The van der Waals surface area contributed by atoms with Gasteiger partial charge in [0.2, 0.25) is 0 Å². The Balaban J connectivity index is 0.000000241. The second-order valence-corrected chi connectivity index (χ2v) is 10.2. The topological polar surface area (TPSA) is 66.5 Å². The predicted octanol–water partition coefficient (Wildman–Crippen LogP) is 7.06. The Labute approximate surface area is 220 Å². The summed E-state index contributed by atoms with van der Waals surface area (Å²) in [4.78, 5) is 39.8. The van der Waals surface area contributed by atoms with E-state index < -0.39 is 0 Å². The molecule has 1 aromatic heterocycles. The molecule has 0 saturated heterocycles. The van der Waals surface area contributed by atoms with Crippen molar-refractivity contribution in [3.05, 3.63) is 86.6 Å². The fourth-order valence-corrected chi connectivity index (χ4v) is 4.63. The molecule has 2 heterocycles. The monoisotopic (exact) mass is 526 g/mol. The summed E-state index contributed by atoms with van der Waals surface area (Å²) < 4.78 is 0.508. The third-order valence-corrected chi connectivity index (χ3v) is 7.14. The molecule has 1 N–H and O–H groups in total. The van der Waals surface area contributed by atoms with E-state index in [1.54, 1.807) is 30.3 Å². The standard InChI is InChI=1S/C16H13ClN2O3S.C11H14S/c1-2-8-19-15(21)9-4-3-5-10(13(9)16(19)22)18-14(20)11-6-7-12(17)23-11;1-2-11(12)9-8-10-6-4-3-5-7-10/h3-7H,2,8H2,1H3,(H,18,20);3-7H,2,8-9H2,1H3. The number of benzene rings is 2. The normalized spacial score (nSPS) is 12.1. The van der Waals surface area contributed by atoms with Gasteiger partial charge in [-0.25, -0.2) is 0 Å². The molecule has 0 unspecified atom stereocenters. The minimum atomic E-state index is -0.369. The van der Waals surface area contributed by atoms with Gasteiger partial charge in [0.25, 0.3) is 17.7 Å². The molecule has 182 valence electrons. The minimum Gasteiger partial charge on any atom is -0.321 e. The molecule has 0 spiro atoms. The number of hydrogen-bond acceptors (Lipinski definition) is 5. The van der Waals surface area contributed by atoms with Crippen LogP contribution in [0.3, 0.4) is 0 Å². The molecule has 1 aliphatic rings. The fourth-order valence-electron chi connectivity index (χ4n) is 3.59. The van der Waals surface area contributed by atoms with E-state index >= 15 is 0 Å². The van der Waals surface area contributed by atoms with E-state index in [2.05, 4.69) is 36.5 Å². The highest BCUT2D eigenvalue weighted by molar-refractivity contribution is 7.80. The molecule has 5 nitrogen and oxygen atoms in total. The SMILES string of the molecule is CCC(=S)CCc1ccccc1.CCCN1C(=O)c2cccc(NC(=O)c3ccc(Cl)s3)c2C1=O. The Morgan fingerprint density at radius 3 is 2.37 bits per heavy atom. The van der Waals surface area contributed by atoms with E-state index in [1.807, 2.05) is 13.0 Å². The minimum absolute atomic E-state index is 0.252. The van der Waals surface area contributed by atoms with Gasteiger partial charge in [-0.05, 0) is 60.4 Å². The number of carbonyl (C=O) groups excluding carboxylic acids is 3. The van der Waals surface area contributed by atoms with Crippen LogP contribution < -0.4 is 5.32 Å². The predicted molar refractivity (Wildman–Crippen MR) is 147 cm³/mol. The van der Waals surface area contributed by atoms with Crippen LogP contribution in [0.25, 0.3) is 0 Å². The van der Waals surface area contributed by atoms with E-state index in [9.17, 15) is 14.4 Å². The van der Waals surface area contributed by atoms with E-state index in [-0.39, 0.29) is 23.3 Å². The Hall–Kier alpha value is -2.87. The number of nitrogens with one attached hydrogen (secondary N) is 1. The molecule has 4 rings (SSSR count). The van der Waals surface area contributed by atoms with Crippen molar-refractivity contribution >= 4 is 63.4 Å². The summed E-state index contributed by atoms with van der Waals surface area (Å²) in [6, 6.07) is 18.6. The maximum Gasteiger partial charge on any atom is 0.265 e. The number of aryl methyl sites for hydroxylation is 1. The van der Waals surface area contributed by atoms with E-state index in [0.717, 1.165) is 30.6 Å². The van der Waals surface area contributed by atoms with Crippen LogP contribution in [-0.2, 0) is 6.42 Å². The van der Waals surface area contributed by atoms with Crippen LogP contribution in [0.2, 0.25) is 4.34 Å². The van der Waals surface area contributed by atoms with Crippen LogP contribution >= 0.6 is 35.2 Å². The zero-order valence-electron chi connectivity index (χ0n) is 19.7. The number of halogens is 1. The van der Waals surface area contributed by atoms with Crippen molar-refractivity contribution < 1.29 is 14.4 Å². The highest BCUT2D eigenvalue weighted by Gasteiger charge is 2.37. The number of nitrogens with zero attached hydrogens (tertiary/aromatic N) is 1. The van der Waals surface area contributed by atoms with Gasteiger partial charge >= 0.3 is 0 Å². The zero-order chi connectivity index (χ0) is 25.4. The number of fused-ring (bicyclic) bond motifs is 1. The summed E-state index contributed by atoms with van der Waals surface area (Å²) in [6.07, 6.45) is 3.85. The molecule has 2 aromatic carbocycles. The molecular weight excluding hydrogens is 500 g/mol. The molecule has 35 heavy (non-hydrogen) atoms. The van der Waals surface area contributed by atoms with Gasteiger partial charge in [0.15, 0.2) is 0 Å². The van der Waals surface area contributed by atoms with Crippen molar-refractivity contribution in [3.8, 4) is 0 Å². The Morgan fingerprint density at radius 2 is 1.74 bits per heavy atom. The van der Waals surface area contributed by atoms with Crippen molar-refractivity contribution in [1.82, 2.24) is 4.90 Å². The van der Waals surface area contributed by atoms with Crippen LogP contribution in [-0.4, -0.2) is 34.0 Å². The summed E-state index contributed by atoms with van der Waals surface area (Å²) in [5.41, 5.74) is 2.30.